The highest BCUT2D eigenvalue weighted by Crippen LogP contribution is 2.14. The molecule has 10 heteroatoms. The third-order valence-electron chi connectivity index (χ3n) is 4.12. The van der Waals surface area contributed by atoms with Gasteiger partial charge in [-0.1, -0.05) is 6.92 Å². The van der Waals surface area contributed by atoms with E-state index in [9.17, 15) is 18.0 Å². The molecule has 1 aliphatic rings. The van der Waals surface area contributed by atoms with Crippen molar-refractivity contribution in [3.8, 4) is 0 Å². The standard InChI is InChI=1S/C17H26N4O5S/c1-4-13-26-16(22)14-5-7-15(8-6-14)18-17(23)20-9-11-21(12-10-20)27(24,25)19(2)3/h5-8H,4,9-13H2,1-3H3,(H,18,23). The van der Waals surface area contributed by atoms with E-state index in [0.29, 0.717) is 30.9 Å². The number of hydrogen-bond donors (Lipinski definition) is 1. The van der Waals surface area contributed by atoms with Crippen molar-refractivity contribution in [1.29, 1.82) is 0 Å². The Kier molecular flexibility index (Phi) is 7.17. The maximum absolute atomic E-state index is 12.4. The van der Waals surface area contributed by atoms with E-state index < -0.39 is 16.2 Å². The quantitative estimate of drug-likeness (QED) is 0.726. The van der Waals surface area contributed by atoms with Crippen molar-refractivity contribution in [3.63, 3.8) is 0 Å². The number of benzene rings is 1. The molecule has 1 aromatic rings. The summed E-state index contributed by atoms with van der Waals surface area (Å²) in [6.07, 6.45) is 0.753. The topological polar surface area (TPSA) is 99.3 Å². The lowest BCUT2D eigenvalue weighted by molar-refractivity contribution is 0.0505. The summed E-state index contributed by atoms with van der Waals surface area (Å²) in [6, 6.07) is 6.14. The fourth-order valence-electron chi connectivity index (χ4n) is 2.52. The van der Waals surface area contributed by atoms with Gasteiger partial charge in [0.25, 0.3) is 10.2 Å². The molecule has 0 atom stereocenters. The molecule has 0 aliphatic carbocycles. The van der Waals surface area contributed by atoms with Crippen molar-refractivity contribution in [2.24, 2.45) is 0 Å². The third-order valence-corrected chi connectivity index (χ3v) is 6.06. The number of carbonyl (C=O) groups excluding carboxylic acids is 2. The summed E-state index contributed by atoms with van der Waals surface area (Å²) in [7, 11) is -0.499. The van der Waals surface area contributed by atoms with Gasteiger partial charge in [0, 0.05) is 46.0 Å². The highest BCUT2D eigenvalue weighted by atomic mass is 32.2. The summed E-state index contributed by atoms with van der Waals surface area (Å²) < 4.78 is 31.8. The van der Waals surface area contributed by atoms with Crippen LogP contribution in [0.3, 0.4) is 0 Å². The Morgan fingerprint density at radius 3 is 2.22 bits per heavy atom. The number of nitrogens with zero attached hydrogens (tertiary/aromatic N) is 3. The molecule has 150 valence electrons. The van der Waals surface area contributed by atoms with Gasteiger partial charge in [-0.2, -0.15) is 17.0 Å². The molecular formula is C17H26N4O5S. The van der Waals surface area contributed by atoms with Gasteiger partial charge in [0.15, 0.2) is 0 Å². The first-order valence-corrected chi connectivity index (χ1v) is 10.2. The van der Waals surface area contributed by atoms with Gasteiger partial charge in [0.1, 0.15) is 0 Å². The van der Waals surface area contributed by atoms with Gasteiger partial charge in [-0.3, -0.25) is 0 Å². The van der Waals surface area contributed by atoms with Crippen molar-refractivity contribution in [2.75, 3.05) is 52.2 Å². The summed E-state index contributed by atoms with van der Waals surface area (Å²) in [5, 5.41) is 2.75. The molecule has 1 N–H and O–H groups in total. The molecular weight excluding hydrogens is 372 g/mol. The second kappa shape index (κ2) is 9.16. The first kappa shape index (κ1) is 21.1. The zero-order valence-electron chi connectivity index (χ0n) is 15.8. The molecule has 0 bridgehead atoms. The van der Waals surface area contributed by atoms with Crippen LogP contribution in [0.15, 0.2) is 24.3 Å². The maximum Gasteiger partial charge on any atom is 0.338 e. The van der Waals surface area contributed by atoms with E-state index in [1.165, 1.54) is 18.4 Å². The van der Waals surface area contributed by atoms with Crippen LogP contribution in [0, 0.1) is 0 Å². The van der Waals surface area contributed by atoms with E-state index in [-0.39, 0.29) is 19.1 Å². The van der Waals surface area contributed by atoms with Crippen LogP contribution in [0.1, 0.15) is 23.7 Å². The highest BCUT2D eigenvalue weighted by molar-refractivity contribution is 7.86. The SMILES string of the molecule is CCCOC(=O)c1ccc(NC(=O)N2CCN(S(=O)(=O)N(C)C)CC2)cc1. The van der Waals surface area contributed by atoms with Gasteiger partial charge in [0.05, 0.1) is 12.2 Å². The molecule has 0 unspecified atom stereocenters. The Labute approximate surface area is 160 Å². The molecule has 1 saturated heterocycles. The fraction of sp³-hybridized carbons (Fsp3) is 0.529. The average molecular weight is 398 g/mol. The van der Waals surface area contributed by atoms with Crippen LogP contribution >= 0.6 is 0 Å². The Balaban J connectivity index is 1.88. The van der Waals surface area contributed by atoms with Crippen molar-refractivity contribution in [3.05, 3.63) is 29.8 Å². The molecule has 1 aromatic carbocycles. The molecule has 0 radical (unpaired) electrons. The number of carbonyl (C=O) groups is 2. The fourth-order valence-corrected chi connectivity index (χ4v) is 3.61. The summed E-state index contributed by atoms with van der Waals surface area (Å²) >= 11 is 0. The molecule has 1 fully saturated rings. The lowest BCUT2D eigenvalue weighted by atomic mass is 10.2. The smallest absolute Gasteiger partial charge is 0.338 e. The first-order chi connectivity index (χ1) is 12.8. The highest BCUT2D eigenvalue weighted by Gasteiger charge is 2.30. The zero-order chi connectivity index (χ0) is 20.0. The van der Waals surface area contributed by atoms with Crippen LogP contribution in [0.2, 0.25) is 0 Å². The normalized spacial score (nSPS) is 15.6. The third kappa shape index (κ3) is 5.41. The second-order valence-corrected chi connectivity index (χ2v) is 8.46. The number of amides is 2. The lowest BCUT2D eigenvalue weighted by Crippen LogP contribution is -2.53. The van der Waals surface area contributed by atoms with Crippen molar-refractivity contribution in [2.45, 2.75) is 13.3 Å². The van der Waals surface area contributed by atoms with Gasteiger partial charge in [-0.05, 0) is 30.7 Å². The number of rotatable bonds is 6. The van der Waals surface area contributed by atoms with Gasteiger partial charge >= 0.3 is 12.0 Å². The molecule has 1 heterocycles. The average Bonchev–Trinajstić information content (AvgIpc) is 2.66. The molecule has 2 rings (SSSR count). The molecule has 27 heavy (non-hydrogen) atoms. The predicted molar refractivity (Wildman–Crippen MR) is 102 cm³/mol. The van der Waals surface area contributed by atoms with Crippen LogP contribution in [0.4, 0.5) is 10.5 Å². The number of esters is 1. The number of ether oxygens (including phenoxy) is 1. The Bertz CT molecular complexity index is 756. The Hall–Kier alpha value is -2.17. The second-order valence-electron chi connectivity index (χ2n) is 6.32. The van der Waals surface area contributed by atoms with Crippen LogP contribution in [-0.4, -0.2) is 80.8 Å². The number of anilines is 1. The lowest BCUT2D eigenvalue weighted by Gasteiger charge is -2.35. The molecule has 0 spiro atoms. The summed E-state index contributed by atoms with van der Waals surface area (Å²) in [6.45, 7) is 3.39. The van der Waals surface area contributed by atoms with Gasteiger partial charge in [0.2, 0.25) is 0 Å². The number of nitrogens with one attached hydrogen (secondary N) is 1. The van der Waals surface area contributed by atoms with Gasteiger partial charge < -0.3 is 15.0 Å². The molecule has 0 aromatic heterocycles. The summed E-state index contributed by atoms with van der Waals surface area (Å²) in [5.41, 5.74) is 0.972. The van der Waals surface area contributed by atoms with Crippen molar-refractivity contribution >= 4 is 27.9 Å². The van der Waals surface area contributed by atoms with E-state index in [4.69, 9.17) is 4.74 Å². The summed E-state index contributed by atoms with van der Waals surface area (Å²) in [4.78, 5) is 25.7. The number of hydrogen-bond acceptors (Lipinski definition) is 5. The molecule has 1 aliphatic heterocycles. The van der Waals surface area contributed by atoms with Crippen molar-refractivity contribution < 1.29 is 22.7 Å². The van der Waals surface area contributed by atoms with E-state index in [0.717, 1.165) is 10.7 Å². The van der Waals surface area contributed by atoms with Gasteiger partial charge in [-0.25, -0.2) is 9.59 Å². The predicted octanol–water partition coefficient (Wildman–Crippen LogP) is 1.21. The molecule has 9 nitrogen and oxygen atoms in total. The largest absolute Gasteiger partial charge is 0.462 e. The van der Waals surface area contributed by atoms with E-state index >= 15 is 0 Å². The van der Waals surface area contributed by atoms with E-state index in [1.54, 1.807) is 29.2 Å². The van der Waals surface area contributed by atoms with Crippen molar-refractivity contribution in [1.82, 2.24) is 13.5 Å². The molecule has 2 amide bonds. The number of urea groups is 1. The Morgan fingerprint density at radius 1 is 1.11 bits per heavy atom. The van der Waals surface area contributed by atoms with Crippen LogP contribution in [0.25, 0.3) is 0 Å². The monoisotopic (exact) mass is 398 g/mol. The Morgan fingerprint density at radius 2 is 1.70 bits per heavy atom. The maximum atomic E-state index is 12.4. The van der Waals surface area contributed by atoms with Crippen LogP contribution < -0.4 is 5.32 Å². The first-order valence-electron chi connectivity index (χ1n) is 8.76. The summed E-state index contributed by atoms with van der Waals surface area (Å²) in [5.74, 6) is -0.395. The van der Waals surface area contributed by atoms with Gasteiger partial charge in [-0.15, -0.1) is 0 Å². The zero-order valence-corrected chi connectivity index (χ0v) is 16.7. The minimum atomic E-state index is -3.46. The number of piperazine rings is 1. The van der Waals surface area contributed by atoms with E-state index in [1.807, 2.05) is 6.92 Å². The van der Waals surface area contributed by atoms with Crippen LogP contribution in [-0.2, 0) is 14.9 Å². The van der Waals surface area contributed by atoms with E-state index in [2.05, 4.69) is 5.32 Å². The minimum absolute atomic E-state index is 0.246. The minimum Gasteiger partial charge on any atom is -0.462 e. The molecule has 0 saturated carbocycles. The van der Waals surface area contributed by atoms with Crippen LogP contribution in [0.5, 0.6) is 0 Å².